The summed E-state index contributed by atoms with van der Waals surface area (Å²) in [6.07, 6.45) is 5.82. The maximum atomic E-state index is 11.8. The molecule has 1 amide bonds. The van der Waals surface area contributed by atoms with Crippen molar-refractivity contribution in [2.24, 2.45) is 0 Å². The van der Waals surface area contributed by atoms with Gasteiger partial charge in [0.25, 0.3) is 5.91 Å². The fourth-order valence-electron chi connectivity index (χ4n) is 1.57. The minimum absolute atomic E-state index is 0.0228. The Morgan fingerprint density at radius 3 is 2.47 bits per heavy atom. The van der Waals surface area contributed by atoms with E-state index in [0.717, 1.165) is 6.54 Å². The van der Waals surface area contributed by atoms with Gasteiger partial charge in [0.05, 0.1) is 0 Å². The molecular formula is C11H21NO2S. The van der Waals surface area contributed by atoms with Gasteiger partial charge in [-0.15, -0.1) is 0 Å². The molecule has 0 aliphatic heterocycles. The molecule has 1 rings (SSSR count). The molecule has 0 aromatic carbocycles. The van der Waals surface area contributed by atoms with Crippen molar-refractivity contribution in [2.75, 3.05) is 19.9 Å². The number of methoxy groups -OCH3 is 1. The van der Waals surface area contributed by atoms with Crippen molar-refractivity contribution in [3.8, 4) is 0 Å². The molecule has 0 saturated heterocycles. The maximum absolute atomic E-state index is 11.8. The quantitative estimate of drug-likeness (QED) is 0.784. The number of thioether (sulfide) groups is 1. The van der Waals surface area contributed by atoms with Gasteiger partial charge in [-0.05, 0) is 32.9 Å². The first-order chi connectivity index (χ1) is 6.96. The summed E-state index contributed by atoms with van der Waals surface area (Å²) in [6, 6.07) is 0. The van der Waals surface area contributed by atoms with Gasteiger partial charge in [-0.25, -0.2) is 0 Å². The Bertz CT molecular complexity index is 231. The largest absolute Gasteiger partial charge is 0.369 e. The molecule has 88 valence electrons. The normalized spacial score (nSPS) is 19.5. The maximum Gasteiger partial charge on any atom is 0.251 e. The van der Waals surface area contributed by atoms with Crippen LogP contribution in [0.15, 0.2) is 0 Å². The van der Waals surface area contributed by atoms with Crippen LogP contribution < -0.4 is 5.32 Å². The molecule has 0 aromatic rings. The van der Waals surface area contributed by atoms with E-state index in [1.54, 1.807) is 21.0 Å². The van der Waals surface area contributed by atoms with Gasteiger partial charge in [0, 0.05) is 18.4 Å². The van der Waals surface area contributed by atoms with E-state index in [9.17, 15) is 4.79 Å². The van der Waals surface area contributed by atoms with Crippen molar-refractivity contribution < 1.29 is 9.53 Å². The molecule has 1 saturated carbocycles. The molecule has 0 spiro atoms. The van der Waals surface area contributed by atoms with Crippen LogP contribution in [0.2, 0.25) is 0 Å². The highest BCUT2D eigenvalue weighted by Gasteiger charge is 2.37. The summed E-state index contributed by atoms with van der Waals surface area (Å²) in [5.41, 5.74) is -0.719. The highest BCUT2D eigenvalue weighted by Crippen LogP contribution is 2.42. The minimum atomic E-state index is -0.719. The van der Waals surface area contributed by atoms with Gasteiger partial charge in [-0.2, -0.15) is 11.8 Å². The van der Waals surface area contributed by atoms with Crippen molar-refractivity contribution in [3.05, 3.63) is 0 Å². The van der Waals surface area contributed by atoms with Crippen LogP contribution in [0.3, 0.4) is 0 Å². The molecule has 15 heavy (non-hydrogen) atoms. The van der Waals surface area contributed by atoms with Crippen LogP contribution in [-0.4, -0.2) is 36.2 Å². The molecule has 1 aliphatic rings. The Balaban J connectivity index is 2.40. The number of ether oxygens (including phenoxy) is 1. The number of hydrogen-bond acceptors (Lipinski definition) is 3. The SMILES string of the molecule is COC(C)(C)C(=O)NCC1(SC)CCC1. The predicted molar refractivity (Wildman–Crippen MR) is 64.2 cm³/mol. The van der Waals surface area contributed by atoms with E-state index in [-0.39, 0.29) is 5.91 Å². The van der Waals surface area contributed by atoms with Crippen molar-refractivity contribution in [2.45, 2.75) is 43.5 Å². The van der Waals surface area contributed by atoms with Crippen molar-refractivity contribution >= 4 is 17.7 Å². The molecule has 1 aliphatic carbocycles. The first-order valence-electron chi connectivity index (χ1n) is 5.34. The number of rotatable bonds is 5. The average Bonchev–Trinajstić information content (AvgIpc) is 2.16. The Labute approximate surface area is 96.3 Å². The van der Waals surface area contributed by atoms with Gasteiger partial charge in [-0.3, -0.25) is 4.79 Å². The first-order valence-corrected chi connectivity index (χ1v) is 6.57. The lowest BCUT2D eigenvalue weighted by Crippen LogP contribution is -2.51. The van der Waals surface area contributed by atoms with Gasteiger partial charge in [0.15, 0.2) is 0 Å². The van der Waals surface area contributed by atoms with Crippen LogP contribution in [-0.2, 0) is 9.53 Å². The number of carbonyl (C=O) groups is 1. The lowest BCUT2D eigenvalue weighted by Gasteiger charge is -2.41. The third-order valence-electron chi connectivity index (χ3n) is 3.33. The summed E-state index contributed by atoms with van der Waals surface area (Å²) in [4.78, 5) is 11.8. The van der Waals surface area contributed by atoms with E-state index >= 15 is 0 Å². The van der Waals surface area contributed by atoms with E-state index in [1.165, 1.54) is 19.3 Å². The Morgan fingerprint density at radius 1 is 1.53 bits per heavy atom. The Morgan fingerprint density at radius 2 is 2.13 bits per heavy atom. The monoisotopic (exact) mass is 231 g/mol. The van der Waals surface area contributed by atoms with E-state index in [2.05, 4.69) is 11.6 Å². The van der Waals surface area contributed by atoms with Crippen LogP contribution in [0.4, 0.5) is 0 Å². The molecule has 0 unspecified atom stereocenters. The fraction of sp³-hybridized carbons (Fsp3) is 0.909. The zero-order valence-electron chi connectivity index (χ0n) is 10.1. The predicted octanol–water partition coefficient (Wildman–Crippen LogP) is 1.81. The number of carbonyl (C=O) groups excluding carboxylic acids is 1. The Kier molecular flexibility index (Phi) is 4.06. The van der Waals surface area contributed by atoms with Crippen LogP contribution in [0.25, 0.3) is 0 Å². The number of hydrogen-bond donors (Lipinski definition) is 1. The lowest BCUT2D eigenvalue weighted by atomic mass is 9.84. The molecular weight excluding hydrogens is 210 g/mol. The van der Waals surface area contributed by atoms with Gasteiger partial charge < -0.3 is 10.1 Å². The second kappa shape index (κ2) is 4.74. The van der Waals surface area contributed by atoms with E-state index < -0.39 is 5.60 Å². The van der Waals surface area contributed by atoms with E-state index in [0.29, 0.717) is 4.75 Å². The summed E-state index contributed by atoms with van der Waals surface area (Å²) in [6.45, 7) is 4.34. The van der Waals surface area contributed by atoms with Gasteiger partial charge in [0.2, 0.25) is 0 Å². The molecule has 1 fully saturated rings. The summed E-state index contributed by atoms with van der Waals surface area (Å²) in [7, 11) is 1.56. The lowest BCUT2D eigenvalue weighted by molar-refractivity contribution is -0.139. The highest BCUT2D eigenvalue weighted by molar-refractivity contribution is 8.00. The first kappa shape index (κ1) is 12.8. The minimum Gasteiger partial charge on any atom is -0.369 e. The van der Waals surface area contributed by atoms with Gasteiger partial charge >= 0.3 is 0 Å². The summed E-state index contributed by atoms with van der Waals surface area (Å²) < 4.78 is 5.42. The van der Waals surface area contributed by atoms with Crippen molar-refractivity contribution in [1.29, 1.82) is 0 Å². The fourth-order valence-corrected chi connectivity index (χ4v) is 2.48. The summed E-state index contributed by atoms with van der Waals surface area (Å²) >= 11 is 1.86. The standard InChI is InChI=1S/C11H21NO2S/c1-10(2,14-3)9(13)12-8-11(15-4)6-5-7-11/h5-8H2,1-4H3,(H,12,13). The van der Waals surface area contributed by atoms with Crippen LogP contribution in [0.5, 0.6) is 0 Å². The number of nitrogens with one attached hydrogen (secondary N) is 1. The summed E-state index contributed by atoms with van der Waals surface area (Å²) in [5, 5.41) is 2.98. The zero-order chi connectivity index (χ0) is 11.5. The third-order valence-corrected chi connectivity index (χ3v) is 4.74. The molecule has 0 radical (unpaired) electrons. The Hall–Kier alpha value is -0.220. The molecule has 0 bridgehead atoms. The topological polar surface area (TPSA) is 38.3 Å². The highest BCUT2D eigenvalue weighted by atomic mass is 32.2. The molecule has 3 nitrogen and oxygen atoms in total. The second-order valence-corrected chi connectivity index (χ2v) is 5.91. The molecule has 4 heteroatoms. The average molecular weight is 231 g/mol. The number of amides is 1. The van der Waals surface area contributed by atoms with Crippen LogP contribution >= 0.6 is 11.8 Å². The smallest absolute Gasteiger partial charge is 0.251 e. The zero-order valence-corrected chi connectivity index (χ0v) is 10.9. The van der Waals surface area contributed by atoms with Gasteiger partial charge in [-0.1, -0.05) is 6.42 Å². The van der Waals surface area contributed by atoms with E-state index in [1.807, 2.05) is 11.8 Å². The van der Waals surface area contributed by atoms with E-state index in [4.69, 9.17) is 4.74 Å². The van der Waals surface area contributed by atoms with Crippen LogP contribution in [0.1, 0.15) is 33.1 Å². The summed E-state index contributed by atoms with van der Waals surface area (Å²) in [5.74, 6) is -0.0228. The van der Waals surface area contributed by atoms with Crippen molar-refractivity contribution in [1.82, 2.24) is 5.32 Å². The third kappa shape index (κ3) is 2.88. The van der Waals surface area contributed by atoms with Gasteiger partial charge in [0.1, 0.15) is 5.60 Å². The van der Waals surface area contributed by atoms with Crippen molar-refractivity contribution in [3.63, 3.8) is 0 Å². The molecule has 0 atom stereocenters. The second-order valence-electron chi connectivity index (χ2n) is 4.64. The molecule has 0 aromatic heterocycles. The van der Waals surface area contributed by atoms with Crippen LogP contribution in [0, 0.1) is 0 Å². The molecule has 0 heterocycles. The molecule has 1 N–H and O–H groups in total.